The maximum Gasteiger partial charge on any atom is 0.325 e. The van der Waals surface area contributed by atoms with Crippen molar-refractivity contribution in [2.75, 3.05) is 17.2 Å². The van der Waals surface area contributed by atoms with E-state index < -0.39 is 17.5 Å². The maximum atomic E-state index is 13.8. The number of carbonyl (C=O) groups is 3. The van der Waals surface area contributed by atoms with Crippen LogP contribution < -0.4 is 10.2 Å². The number of amides is 4. The van der Waals surface area contributed by atoms with Crippen molar-refractivity contribution in [1.82, 2.24) is 10.2 Å². The number of rotatable bonds is 4. The first-order chi connectivity index (χ1) is 17.5. The third kappa shape index (κ3) is 3.56. The maximum absolute atomic E-state index is 13.8. The van der Waals surface area contributed by atoms with Crippen LogP contribution in [-0.2, 0) is 15.1 Å². The highest BCUT2D eigenvalue weighted by Gasteiger charge is 2.52. The Morgan fingerprint density at radius 3 is 2.56 bits per heavy atom. The summed E-state index contributed by atoms with van der Waals surface area (Å²) in [7, 11) is 0. The quantitative estimate of drug-likeness (QED) is 0.398. The Balaban J connectivity index is 1.32. The minimum absolute atomic E-state index is 0.221. The molecular weight excluding hydrogens is 474 g/mol. The third-order valence-corrected chi connectivity index (χ3v) is 7.91. The van der Waals surface area contributed by atoms with Crippen molar-refractivity contribution in [3.05, 3.63) is 96.3 Å². The second-order valence-electron chi connectivity index (χ2n) is 9.06. The molecule has 3 heterocycles. The van der Waals surface area contributed by atoms with Gasteiger partial charge in [-0.15, -0.1) is 11.8 Å². The summed E-state index contributed by atoms with van der Waals surface area (Å²) in [5.41, 5.74) is 1.00. The molecule has 4 amide bonds. The zero-order chi connectivity index (χ0) is 24.9. The van der Waals surface area contributed by atoms with Gasteiger partial charge in [-0.3, -0.25) is 14.5 Å². The van der Waals surface area contributed by atoms with Gasteiger partial charge in [-0.05, 0) is 36.8 Å². The molecule has 0 radical (unpaired) electrons. The van der Waals surface area contributed by atoms with Crippen molar-refractivity contribution >= 4 is 46.3 Å². The highest BCUT2D eigenvalue weighted by molar-refractivity contribution is 7.99. The molecule has 3 aromatic carbocycles. The summed E-state index contributed by atoms with van der Waals surface area (Å²) < 4.78 is 5.90. The van der Waals surface area contributed by atoms with Crippen molar-refractivity contribution in [3.8, 4) is 0 Å². The summed E-state index contributed by atoms with van der Waals surface area (Å²) in [6, 6.07) is 25.8. The molecule has 0 bridgehead atoms. The van der Waals surface area contributed by atoms with Gasteiger partial charge in [-0.25, -0.2) is 4.79 Å². The second-order valence-corrected chi connectivity index (χ2v) is 10.1. The molecule has 4 aromatic rings. The molecule has 2 atom stereocenters. The Morgan fingerprint density at radius 1 is 1.03 bits per heavy atom. The molecule has 1 N–H and O–H groups in total. The predicted octanol–water partition coefficient (Wildman–Crippen LogP) is 5.08. The number of imide groups is 1. The summed E-state index contributed by atoms with van der Waals surface area (Å²) >= 11 is 1.69. The molecule has 2 aliphatic heterocycles. The first-order valence-electron chi connectivity index (χ1n) is 11.7. The Hall–Kier alpha value is -4.04. The molecule has 1 aromatic heterocycles. The number of hydrogen-bond acceptors (Lipinski definition) is 5. The smallest absolute Gasteiger partial charge is 0.325 e. The Bertz CT molecular complexity index is 1470. The van der Waals surface area contributed by atoms with Crippen molar-refractivity contribution < 1.29 is 18.8 Å². The molecule has 0 aliphatic carbocycles. The number of fused-ring (bicyclic) bond motifs is 2. The molecule has 0 spiro atoms. The van der Waals surface area contributed by atoms with Gasteiger partial charge >= 0.3 is 6.03 Å². The summed E-state index contributed by atoms with van der Waals surface area (Å²) in [5, 5.41) is 3.58. The third-order valence-electron chi connectivity index (χ3n) is 6.77. The van der Waals surface area contributed by atoms with Crippen LogP contribution in [0.2, 0.25) is 0 Å². The van der Waals surface area contributed by atoms with Crippen molar-refractivity contribution in [2.45, 2.75) is 23.4 Å². The Kier molecular flexibility index (Phi) is 5.34. The zero-order valence-corrected chi connectivity index (χ0v) is 20.3. The van der Waals surface area contributed by atoms with Crippen molar-refractivity contribution in [3.63, 3.8) is 0 Å². The zero-order valence-electron chi connectivity index (χ0n) is 19.5. The molecule has 6 rings (SSSR count). The van der Waals surface area contributed by atoms with Crippen LogP contribution in [0.25, 0.3) is 11.0 Å². The second kappa shape index (κ2) is 8.57. The minimum Gasteiger partial charge on any atom is -0.458 e. The standard InChI is InChI=1S/C28H23N3O4S/c1-28(24-15-19-11-5-7-13-22(19)35-24)26(33)30(27(34)29-28)16-25(32)31-20-12-6-8-14-23(20)36-17-21(31)18-9-3-2-4-10-18/h2-15,21H,16-17H2,1H3,(H,29,34)/t21-,28+/m0/s1. The normalized spacial score (nSPS) is 21.5. The van der Waals surface area contributed by atoms with E-state index in [2.05, 4.69) is 5.32 Å². The summed E-state index contributed by atoms with van der Waals surface area (Å²) in [5.74, 6) is 0.160. The molecule has 8 heteroatoms. The van der Waals surface area contributed by atoms with E-state index in [-0.39, 0.29) is 18.5 Å². The summed E-state index contributed by atoms with van der Waals surface area (Å²) in [6.45, 7) is 1.23. The van der Waals surface area contributed by atoms with Crippen LogP contribution in [0.15, 0.2) is 94.2 Å². The number of thioether (sulfide) groups is 1. The largest absolute Gasteiger partial charge is 0.458 e. The van der Waals surface area contributed by atoms with Crippen LogP contribution in [0.1, 0.15) is 24.3 Å². The molecule has 2 aliphatic rings. The van der Waals surface area contributed by atoms with Gasteiger partial charge in [0, 0.05) is 16.0 Å². The van der Waals surface area contributed by atoms with Gasteiger partial charge in [-0.2, -0.15) is 0 Å². The fourth-order valence-corrected chi connectivity index (χ4v) is 6.03. The Labute approximate surface area is 212 Å². The molecule has 36 heavy (non-hydrogen) atoms. The Morgan fingerprint density at radius 2 is 1.75 bits per heavy atom. The van der Waals surface area contributed by atoms with Gasteiger partial charge in [0.25, 0.3) is 5.91 Å². The van der Waals surface area contributed by atoms with Crippen LogP contribution >= 0.6 is 11.8 Å². The average Bonchev–Trinajstić information content (AvgIpc) is 3.44. The lowest BCUT2D eigenvalue weighted by molar-refractivity contribution is -0.134. The van der Waals surface area contributed by atoms with Crippen LogP contribution in [0.5, 0.6) is 0 Å². The van der Waals surface area contributed by atoms with E-state index in [0.29, 0.717) is 17.1 Å². The number of para-hydroxylation sites is 2. The number of anilines is 1. The van der Waals surface area contributed by atoms with E-state index in [0.717, 1.165) is 26.4 Å². The fourth-order valence-electron chi connectivity index (χ4n) is 4.87. The van der Waals surface area contributed by atoms with E-state index in [4.69, 9.17) is 4.42 Å². The molecular formula is C28H23N3O4S. The molecule has 1 saturated heterocycles. The highest BCUT2D eigenvalue weighted by Crippen LogP contribution is 2.43. The first-order valence-corrected chi connectivity index (χ1v) is 12.7. The van der Waals surface area contributed by atoms with Crippen LogP contribution in [0, 0.1) is 0 Å². The van der Waals surface area contributed by atoms with E-state index in [1.807, 2.05) is 72.8 Å². The fraction of sp³-hybridized carbons (Fsp3) is 0.179. The van der Waals surface area contributed by atoms with Crippen molar-refractivity contribution in [1.29, 1.82) is 0 Å². The molecule has 7 nitrogen and oxygen atoms in total. The SMILES string of the molecule is C[C@]1(c2cc3ccccc3o2)NC(=O)N(CC(=O)N2c3ccccc3SC[C@H]2c2ccccc2)C1=O. The molecule has 1 fully saturated rings. The van der Waals surface area contributed by atoms with Gasteiger partial charge < -0.3 is 14.6 Å². The summed E-state index contributed by atoms with van der Waals surface area (Å²) in [6.07, 6.45) is 0. The number of hydrogen-bond donors (Lipinski definition) is 1. The van der Waals surface area contributed by atoms with Crippen LogP contribution in [0.4, 0.5) is 10.5 Å². The van der Waals surface area contributed by atoms with Gasteiger partial charge in [0.05, 0.1) is 11.7 Å². The van der Waals surface area contributed by atoms with Gasteiger partial charge in [0.2, 0.25) is 5.91 Å². The lowest BCUT2D eigenvalue weighted by Crippen LogP contribution is -2.47. The molecule has 0 saturated carbocycles. The minimum atomic E-state index is -1.40. The molecule has 180 valence electrons. The predicted molar refractivity (Wildman–Crippen MR) is 138 cm³/mol. The lowest BCUT2D eigenvalue weighted by Gasteiger charge is -2.37. The number of urea groups is 1. The van der Waals surface area contributed by atoms with Crippen LogP contribution in [0.3, 0.4) is 0 Å². The highest BCUT2D eigenvalue weighted by atomic mass is 32.2. The number of benzene rings is 3. The van der Waals surface area contributed by atoms with E-state index in [1.165, 1.54) is 0 Å². The first kappa shape index (κ1) is 22.4. The number of nitrogens with one attached hydrogen (secondary N) is 1. The van der Waals surface area contributed by atoms with E-state index in [1.54, 1.807) is 35.7 Å². The van der Waals surface area contributed by atoms with E-state index in [9.17, 15) is 14.4 Å². The van der Waals surface area contributed by atoms with Gasteiger partial charge in [-0.1, -0.05) is 60.7 Å². The van der Waals surface area contributed by atoms with Gasteiger partial charge in [0.1, 0.15) is 17.9 Å². The average molecular weight is 498 g/mol. The van der Waals surface area contributed by atoms with Crippen molar-refractivity contribution in [2.24, 2.45) is 0 Å². The lowest BCUT2D eigenvalue weighted by atomic mass is 9.99. The topological polar surface area (TPSA) is 82.9 Å². The summed E-state index contributed by atoms with van der Waals surface area (Å²) in [4.78, 5) is 44.0. The van der Waals surface area contributed by atoms with Gasteiger partial charge in [0.15, 0.2) is 5.54 Å². The monoisotopic (exact) mass is 497 g/mol. The van der Waals surface area contributed by atoms with Crippen LogP contribution in [-0.4, -0.2) is 35.0 Å². The number of carbonyl (C=O) groups excluding carboxylic acids is 3. The number of nitrogens with zero attached hydrogens (tertiary/aromatic N) is 2. The number of furan rings is 1. The molecule has 0 unspecified atom stereocenters. The van der Waals surface area contributed by atoms with E-state index >= 15 is 0 Å².